The van der Waals surface area contributed by atoms with Crippen molar-refractivity contribution in [1.29, 1.82) is 5.26 Å². The zero-order valence-electron chi connectivity index (χ0n) is 14.3. The molecule has 0 aliphatic rings. The lowest BCUT2D eigenvalue weighted by molar-refractivity contribution is 0.143. The highest BCUT2D eigenvalue weighted by Crippen LogP contribution is 2.11. The summed E-state index contributed by atoms with van der Waals surface area (Å²) in [6, 6.07) is 5.35. The summed E-state index contributed by atoms with van der Waals surface area (Å²) >= 11 is 0. The largest absolute Gasteiger partial charge is 0.475 e. The van der Waals surface area contributed by atoms with Gasteiger partial charge in [0.25, 0.3) is 5.56 Å². The summed E-state index contributed by atoms with van der Waals surface area (Å²) in [7, 11) is 4.42. The van der Waals surface area contributed by atoms with Crippen LogP contribution in [-0.4, -0.2) is 34.4 Å². The predicted octanol–water partition coefficient (Wildman–Crippen LogP) is -0.0120. The van der Waals surface area contributed by atoms with Crippen LogP contribution in [0.15, 0.2) is 27.9 Å². The van der Waals surface area contributed by atoms with E-state index in [2.05, 4.69) is 10.3 Å². The summed E-state index contributed by atoms with van der Waals surface area (Å²) in [4.78, 5) is 28.2. The zero-order valence-corrected chi connectivity index (χ0v) is 14.3. The van der Waals surface area contributed by atoms with Crippen molar-refractivity contribution in [3.8, 4) is 11.9 Å². The molecule has 0 aliphatic heterocycles. The van der Waals surface area contributed by atoms with Crippen molar-refractivity contribution in [2.24, 2.45) is 14.1 Å². The number of hydrogen-bond acceptors (Lipinski definition) is 7. The average molecular weight is 345 g/mol. The van der Waals surface area contributed by atoms with Crippen LogP contribution in [0, 0.1) is 11.3 Å². The van der Waals surface area contributed by atoms with Crippen LogP contribution in [0.4, 0.5) is 5.82 Å². The maximum Gasteiger partial charge on any atom is 0.332 e. The maximum atomic E-state index is 12.0. The molecule has 0 aliphatic carbocycles. The Morgan fingerprint density at radius 1 is 1.24 bits per heavy atom. The van der Waals surface area contributed by atoms with Gasteiger partial charge in [-0.3, -0.25) is 13.9 Å². The minimum atomic E-state index is -0.631. The van der Waals surface area contributed by atoms with Gasteiger partial charge < -0.3 is 14.8 Å². The van der Waals surface area contributed by atoms with Crippen LogP contribution in [-0.2, 0) is 25.4 Å². The Morgan fingerprint density at radius 2 is 2.00 bits per heavy atom. The highest BCUT2D eigenvalue weighted by molar-refractivity contribution is 5.51. The number of nitriles is 1. The molecule has 9 heteroatoms. The molecule has 2 heterocycles. The molecule has 2 rings (SSSR count). The average Bonchev–Trinajstić information content (AvgIpc) is 2.63. The van der Waals surface area contributed by atoms with E-state index in [1.165, 1.54) is 18.7 Å². The summed E-state index contributed by atoms with van der Waals surface area (Å²) in [5, 5.41) is 12.2. The van der Waals surface area contributed by atoms with Crippen LogP contribution in [0.1, 0.15) is 11.1 Å². The van der Waals surface area contributed by atoms with Crippen LogP contribution in [0.3, 0.4) is 0 Å². The first-order valence-corrected chi connectivity index (χ1v) is 7.50. The summed E-state index contributed by atoms with van der Waals surface area (Å²) < 4.78 is 12.4. The SMILES string of the molecule is COCCOc1ccc(CNc2c(C#N)c(=O)n(C)c(=O)n2C)cn1. The van der Waals surface area contributed by atoms with Crippen molar-refractivity contribution < 1.29 is 9.47 Å². The van der Waals surface area contributed by atoms with Crippen molar-refractivity contribution >= 4 is 5.82 Å². The van der Waals surface area contributed by atoms with Gasteiger partial charge >= 0.3 is 5.69 Å². The van der Waals surface area contributed by atoms with Crippen molar-refractivity contribution in [3.05, 3.63) is 50.3 Å². The maximum absolute atomic E-state index is 12.0. The van der Waals surface area contributed by atoms with Crippen LogP contribution in [0.25, 0.3) is 0 Å². The van der Waals surface area contributed by atoms with Crippen molar-refractivity contribution in [1.82, 2.24) is 14.1 Å². The molecule has 0 amide bonds. The number of hydrogen-bond donors (Lipinski definition) is 1. The monoisotopic (exact) mass is 345 g/mol. The molecule has 25 heavy (non-hydrogen) atoms. The van der Waals surface area contributed by atoms with Gasteiger partial charge in [0, 0.05) is 40.0 Å². The first kappa shape index (κ1) is 18.2. The molecule has 0 fully saturated rings. The smallest absolute Gasteiger partial charge is 0.332 e. The molecule has 0 radical (unpaired) electrons. The van der Waals surface area contributed by atoms with Gasteiger partial charge in [-0.15, -0.1) is 0 Å². The Labute approximate surface area is 144 Å². The molecule has 0 saturated heterocycles. The molecule has 0 spiro atoms. The minimum Gasteiger partial charge on any atom is -0.475 e. The summed E-state index contributed by atoms with van der Waals surface area (Å²) in [5.74, 6) is 0.649. The fourth-order valence-corrected chi connectivity index (χ4v) is 2.17. The third-order valence-electron chi connectivity index (χ3n) is 3.57. The number of nitrogens with zero attached hydrogens (tertiary/aromatic N) is 4. The quantitative estimate of drug-likeness (QED) is 0.702. The molecule has 2 aromatic rings. The first-order chi connectivity index (χ1) is 12.0. The second kappa shape index (κ2) is 8.12. The number of nitrogens with one attached hydrogen (secondary N) is 1. The summed E-state index contributed by atoms with van der Waals surface area (Å²) in [5.41, 5.74) is -0.451. The van der Waals surface area contributed by atoms with E-state index in [4.69, 9.17) is 9.47 Å². The third-order valence-corrected chi connectivity index (χ3v) is 3.57. The zero-order chi connectivity index (χ0) is 18.4. The van der Waals surface area contributed by atoms with Crippen molar-refractivity contribution in [2.75, 3.05) is 25.6 Å². The fourth-order valence-electron chi connectivity index (χ4n) is 2.17. The van der Waals surface area contributed by atoms with Gasteiger partial charge in [-0.05, 0) is 5.56 Å². The normalized spacial score (nSPS) is 10.3. The summed E-state index contributed by atoms with van der Waals surface area (Å²) in [6.45, 7) is 1.17. The van der Waals surface area contributed by atoms with Crippen molar-refractivity contribution in [2.45, 2.75) is 6.54 Å². The second-order valence-corrected chi connectivity index (χ2v) is 5.24. The van der Waals surface area contributed by atoms with Crippen LogP contribution < -0.4 is 21.3 Å². The lowest BCUT2D eigenvalue weighted by atomic mass is 10.2. The van der Waals surface area contributed by atoms with Gasteiger partial charge in [-0.25, -0.2) is 9.78 Å². The molecule has 0 saturated carbocycles. The number of methoxy groups -OCH3 is 1. The lowest BCUT2D eigenvalue weighted by Crippen LogP contribution is -2.39. The van der Waals surface area contributed by atoms with Gasteiger partial charge in [0.1, 0.15) is 18.5 Å². The second-order valence-electron chi connectivity index (χ2n) is 5.24. The Kier molecular flexibility index (Phi) is 5.92. The van der Waals surface area contributed by atoms with Crippen LogP contribution >= 0.6 is 0 Å². The van der Waals surface area contributed by atoms with Gasteiger partial charge in [0.2, 0.25) is 5.88 Å². The molecule has 0 atom stereocenters. The van der Waals surface area contributed by atoms with E-state index in [0.717, 1.165) is 10.1 Å². The Morgan fingerprint density at radius 3 is 2.60 bits per heavy atom. The number of ether oxygens (including phenoxy) is 2. The van der Waals surface area contributed by atoms with Gasteiger partial charge in [0.15, 0.2) is 5.56 Å². The lowest BCUT2D eigenvalue weighted by Gasteiger charge is -2.13. The van der Waals surface area contributed by atoms with Gasteiger partial charge in [-0.1, -0.05) is 6.07 Å². The molecular weight excluding hydrogens is 326 g/mol. The molecule has 132 valence electrons. The van der Waals surface area contributed by atoms with E-state index >= 15 is 0 Å². The Bertz CT molecular complexity index is 893. The number of pyridine rings is 1. The van der Waals surface area contributed by atoms with Crippen molar-refractivity contribution in [3.63, 3.8) is 0 Å². The molecule has 0 unspecified atom stereocenters. The van der Waals surface area contributed by atoms with E-state index in [1.54, 1.807) is 25.4 Å². The Hall–Kier alpha value is -3.12. The number of rotatable bonds is 7. The topological polar surface area (TPSA) is 111 Å². The third kappa shape index (κ3) is 4.05. The van der Waals surface area contributed by atoms with E-state index in [0.29, 0.717) is 25.6 Å². The van der Waals surface area contributed by atoms with Crippen LogP contribution in [0.2, 0.25) is 0 Å². The molecular formula is C16H19N5O4. The van der Waals surface area contributed by atoms with E-state index < -0.39 is 11.2 Å². The Balaban J connectivity index is 2.16. The molecule has 0 bridgehead atoms. The van der Waals surface area contributed by atoms with Gasteiger partial charge in [0.05, 0.1) is 6.61 Å². The highest BCUT2D eigenvalue weighted by Gasteiger charge is 2.15. The van der Waals surface area contributed by atoms with Crippen LogP contribution in [0.5, 0.6) is 5.88 Å². The van der Waals surface area contributed by atoms with E-state index in [-0.39, 0.29) is 11.4 Å². The first-order valence-electron chi connectivity index (χ1n) is 7.50. The summed E-state index contributed by atoms with van der Waals surface area (Å²) in [6.07, 6.45) is 1.61. The van der Waals surface area contributed by atoms with E-state index in [9.17, 15) is 14.9 Å². The molecule has 9 nitrogen and oxygen atoms in total. The predicted molar refractivity (Wildman–Crippen MR) is 90.6 cm³/mol. The highest BCUT2D eigenvalue weighted by atomic mass is 16.5. The van der Waals surface area contributed by atoms with Gasteiger partial charge in [-0.2, -0.15) is 5.26 Å². The number of aromatic nitrogens is 3. The molecule has 0 aromatic carbocycles. The van der Waals surface area contributed by atoms with E-state index in [1.807, 2.05) is 6.07 Å². The molecule has 2 aromatic heterocycles. The fraction of sp³-hybridized carbons (Fsp3) is 0.375. The standard InChI is InChI=1S/C16H19N5O4/c1-20-14(12(8-17)15(22)21(2)16(20)23)19-10-11-4-5-13(18-9-11)25-7-6-24-3/h4-5,9,19H,6-7,10H2,1-3H3. The molecule has 1 N–H and O–H groups in total. The minimum absolute atomic E-state index is 0.114. The number of anilines is 1.